The molecular weight excluding hydrogens is 322 g/mol. The number of carbonyl (C=O) groups is 1. The first-order valence-corrected chi connectivity index (χ1v) is 8.83. The molecule has 1 amide bonds. The quantitative estimate of drug-likeness (QED) is 0.811. The van der Waals surface area contributed by atoms with E-state index in [9.17, 15) is 15.0 Å². The van der Waals surface area contributed by atoms with Gasteiger partial charge in [-0.25, -0.2) is 4.98 Å². The predicted molar refractivity (Wildman–Crippen MR) is 92.3 cm³/mol. The number of hydrogen-bond acceptors (Lipinski definition) is 6. The fourth-order valence-corrected chi connectivity index (χ4v) is 3.62. The summed E-state index contributed by atoms with van der Waals surface area (Å²) in [6, 6.07) is 2.01. The van der Waals surface area contributed by atoms with E-state index in [2.05, 4.69) is 9.88 Å². The van der Waals surface area contributed by atoms with E-state index in [1.807, 2.05) is 19.9 Å². The Balaban J connectivity index is 1.80. The van der Waals surface area contributed by atoms with Crippen LogP contribution in [-0.2, 0) is 13.1 Å². The maximum Gasteiger partial charge on any atom is 0.256 e. The first-order valence-electron chi connectivity index (χ1n) is 8.83. The lowest BCUT2D eigenvalue weighted by Crippen LogP contribution is -2.44. The Labute approximate surface area is 148 Å². The molecule has 0 aliphatic carbocycles. The van der Waals surface area contributed by atoms with Gasteiger partial charge in [-0.05, 0) is 32.9 Å². The lowest BCUT2D eigenvalue weighted by atomic mass is 9.94. The maximum atomic E-state index is 12.6. The van der Waals surface area contributed by atoms with E-state index in [1.165, 1.54) is 0 Å². The highest BCUT2D eigenvalue weighted by Gasteiger charge is 2.33. The summed E-state index contributed by atoms with van der Waals surface area (Å²) in [7, 11) is 1.59. The molecule has 0 saturated carbocycles. The molecule has 7 heteroatoms. The van der Waals surface area contributed by atoms with Crippen LogP contribution in [0.3, 0.4) is 0 Å². The number of nitrogens with zero attached hydrogens (tertiary/aromatic N) is 3. The molecule has 2 aliphatic rings. The van der Waals surface area contributed by atoms with Gasteiger partial charge in [-0.3, -0.25) is 9.69 Å². The zero-order chi connectivity index (χ0) is 18.1. The average molecular weight is 349 g/mol. The van der Waals surface area contributed by atoms with E-state index in [-0.39, 0.29) is 24.5 Å². The van der Waals surface area contributed by atoms with Crippen molar-refractivity contribution in [2.24, 2.45) is 5.92 Å². The van der Waals surface area contributed by atoms with Crippen molar-refractivity contribution in [2.75, 3.05) is 26.8 Å². The Hall–Kier alpha value is -1.70. The third kappa shape index (κ3) is 3.49. The number of rotatable bonds is 5. The van der Waals surface area contributed by atoms with E-state index in [4.69, 9.17) is 4.74 Å². The average Bonchev–Trinajstić information content (AvgIpc) is 2.91. The third-order valence-corrected chi connectivity index (χ3v) is 5.20. The predicted octanol–water partition coefficient (Wildman–Crippen LogP) is 0.629. The highest BCUT2D eigenvalue weighted by atomic mass is 16.5. The number of pyridine rings is 1. The van der Waals surface area contributed by atoms with Crippen LogP contribution in [0.25, 0.3) is 0 Å². The highest BCUT2D eigenvalue weighted by Crippen LogP contribution is 2.30. The van der Waals surface area contributed by atoms with E-state index in [1.54, 1.807) is 12.0 Å². The highest BCUT2D eigenvalue weighted by molar-refractivity contribution is 5.98. The number of piperidine rings is 1. The summed E-state index contributed by atoms with van der Waals surface area (Å²) in [6.45, 7) is 6.37. The minimum absolute atomic E-state index is 0.0122. The van der Waals surface area contributed by atoms with E-state index >= 15 is 0 Å². The summed E-state index contributed by atoms with van der Waals surface area (Å²) in [5, 5.41) is 19.4. The van der Waals surface area contributed by atoms with Crippen molar-refractivity contribution < 1.29 is 19.7 Å². The fraction of sp³-hybridized carbons (Fsp3) is 0.667. The topological polar surface area (TPSA) is 86.1 Å². The number of ether oxygens (including phenoxy) is 1. The number of hydrogen-bond donors (Lipinski definition) is 2. The Morgan fingerprint density at radius 1 is 1.44 bits per heavy atom. The Kier molecular flexibility index (Phi) is 5.27. The molecule has 1 aromatic rings. The number of fused-ring (bicyclic) bond motifs is 1. The van der Waals surface area contributed by atoms with Crippen molar-refractivity contribution in [1.82, 2.24) is 14.8 Å². The molecule has 138 valence electrons. The SMILES string of the molecule is COc1nc2c(cc1CN1CC[C@@H](CO)[C@@H](O)C1)C(=O)N(C(C)C)C2. The molecular formula is C18H27N3O4. The van der Waals surface area contributed by atoms with Gasteiger partial charge in [-0.15, -0.1) is 0 Å². The molecule has 25 heavy (non-hydrogen) atoms. The molecule has 7 nitrogen and oxygen atoms in total. The van der Waals surface area contributed by atoms with Gasteiger partial charge in [0.2, 0.25) is 5.88 Å². The molecule has 1 aromatic heterocycles. The van der Waals surface area contributed by atoms with Crippen LogP contribution in [0.1, 0.15) is 41.9 Å². The summed E-state index contributed by atoms with van der Waals surface area (Å²) >= 11 is 0. The molecule has 1 fully saturated rings. The summed E-state index contributed by atoms with van der Waals surface area (Å²) in [4.78, 5) is 21.1. The largest absolute Gasteiger partial charge is 0.481 e. The van der Waals surface area contributed by atoms with Gasteiger partial charge in [-0.1, -0.05) is 0 Å². The van der Waals surface area contributed by atoms with Gasteiger partial charge < -0.3 is 19.8 Å². The number of β-amino-alcohol motifs (C(OH)–C–C–N with tert-alkyl or cyclic N) is 1. The second kappa shape index (κ2) is 7.27. The zero-order valence-electron chi connectivity index (χ0n) is 15.1. The normalized spacial score (nSPS) is 24.1. The van der Waals surface area contributed by atoms with Gasteiger partial charge in [0, 0.05) is 37.2 Å². The number of amides is 1. The van der Waals surface area contributed by atoms with Gasteiger partial charge in [0.25, 0.3) is 5.91 Å². The van der Waals surface area contributed by atoms with Crippen LogP contribution in [0, 0.1) is 5.92 Å². The Morgan fingerprint density at radius 2 is 2.20 bits per heavy atom. The van der Waals surface area contributed by atoms with Gasteiger partial charge in [0.05, 0.1) is 31.0 Å². The van der Waals surface area contributed by atoms with Crippen LogP contribution >= 0.6 is 0 Å². The lowest BCUT2D eigenvalue weighted by Gasteiger charge is -2.35. The molecule has 3 rings (SSSR count). The summed E-state index contributed by atoms with van der Waals surface area (Å²) < 4.78 is 5.44. The standard InChI is InChI=1S/C18H27N3O4/c1-11(2)21-8-15-14(18(21)24)6-13(17(19-15)25-3)7-20-5-4-12(10-22)16(23)9-20/h6,11-12,16,22-23H,4-5,7-10H2,1-3H3/t12-,16-/m0/s1. The van der Waals surface area contributed by atoms with Crippen molar-refractivity contribution in [3.8, 4) is 5.88 Å². The molecule has 0 radical (unpaired) electrons. The van der Waals surface area contributed by atoms with Gasteiger partial charge >= 0.3 is 0 Å². The minimum atomic E-state index is -0.537. The van der Waals surface area contributed by atoms with Crippen LogP contribution in [-0.4, -0.2) is 69.9 Å². The van der Waals surface area contributed by atoms with Crippen LogP contribution in [0.5, 0.6) is 5.88 Å². The smallest absolute Gasteiger partial charge is 0.256 e. The second-order valence-corrected chi connectivity index (χ2v) is 7.21. The number of aliphatic hydroxyl groups is 2. The van der Waals surface area contributed by atoms with Gasteiger partial charge in [0.15, 0.2) is 0 Å². The summed E-state index contributed by atoms with van der Waals surface area (Å²) in [5.41, 5.74) is 2.27. The second-order valence-electron chi connectivity index (χ2n) is 7.21. The van der Waals surface area contributed by atoms with Crippen LogP contribution < -0.4 is 4.74 Å². The summed E-state index contributed by atoms with van der Waals surface area (Å²) in [5.74, 6) is 0.494. The van der Waals surface area contributed by atoms with Crippen LogP contribution in [0.15, 0.2) is 6.07 Å². The van der Waals surface area contributed by atoms with Gasteiger partial charge in [0.1, 0.15) is 0 Å². The number of aromatic nitrogens is 1. The van der Waals surface area contributed by atoms with Crippen molar-refractivity contribution in [2.45, 2.75) is 45.5 Å². The molecule has 2 aliphatic heterocycles. The monoisotopic (exact) mass is 349 g/mol. The first-order chi connectivity index (χ1) is 11.9. The molecule has 3 heterocycles. The molecule has 0 unspecified atom stereocenters. The fourth-order valence-electron chi connectivity index (χ4n) is 3.62. The molecule has 0 aromatic carbocycles. The van der Waals surface area contributed by atoms with E-state index in [0.717, 1.165) is 24.2 Å². The van der Waals surface area contributed by atoms with Crippen molar-refractivity contribution in [3.05, 3.63) is 22.9 Å². The third-order valence-electron chi connectivity index (χ3n) is 5.20. The van der Waals surface area contributed by atoms with E-state index in [0.29, 0.717) is 31.1 Å². The maximum absolute atomic E-state index is 12.6. The van der Waals surface area contributed by atoms with Crippen molar-refractivity contribution in [3.63, 3.8) is 0 Å². The lowest BCUT2D eigenvalue weighted by molar-refractivity contribution is -0.00468. The van der Waals surface area contributed by atoms with E-state index < -0.39 is 6.10 Å². The van der Waals surface area contributed by atoms with Crippen LogP contribution in [0.2, 0.25) is 0 Å². The number of aliphatic hydroxyl groups excluding tert-OH is 2. The molecule has 0 spiro atoms. The minimum Gasteiger partial charge on any atom is -0.481 e. The molecule has 2 N–H and O–H groups in total. The van der Waals surface area contributed by atoms with Gasteiger partial charge in [-0.2, -0.15) is 0 Å². The summed E-state index contributed by atoms with van der Waals surface area (Å²) in [6.07, 6.45) is 0.212. The van der Waals surface area contributed by atoms with Crippen molar-refractivity contribution in [1.29, 1.82) is 0 Å². The zero-order valence-corrected chi connectivity index (χ0v) is 15.1. The van der Waals surface area contributed by atoms with Crippen molar-refractivity contribution >= 4 is 5.91 Å². The Bertz CT molecular complexity index is 649. The number of carbonyl (C=O) groups excluding carboxylic acids is 1. The molecule has 1 saturated heterocycles. The molecule has 2 atom stereocenters. The number of methoxy groups -OCH3 is 1. The Morgan fingerprint density at radius 3 is 2.80 bits per heavy atom. The number of likely N-dealkylation sites (tertiary alicyclic amines) is 1. The molecule has 0 bridgehead atoms. The van der Waals surface area contributed by atoms with Crippen LogP contribution in [0.4, 0.5) is 0 Å². The first kappa shape index (κ1) is 18.1.